The van der Waals surface area contributed by atoms with Gasteiger partial charge >= 0.3 is 0 Å². The Hall–Kier alpha value is 0.400. The third-order valence-corrected chi connectivity index (χ3v) is 3.58. The first-order valence-corrected chi connectivity index (χ1v) is 5.55. The number of methoxy groups -OCH3 is 2. The number of ether oxygens (including phenoxy) is 2. The minimum Gasteiger partial charge on any atom is -0.379 e. The van der Waals surface area contributed by atoms with Crippen molar-refractivity contribution in [1.29, 1.82) is 0 Å². The zero-order valence-corrected chi connectivity index (χ0v) is 9.34. The van der Waals surface area contributed by atoms with Gasteiger partial charge in [-0.3, -0.25) is 0 Å². The summed E-state index contributed by atoms with van der Waals surface area (Å²) in [7, 11) is 3.54. The van der Waals surface area contributed by atoms with Crippen molar-refractivity contribution >= 4 is 15.9 Å². The third kappa shape index (κ3) is 2.44. The molecule has 2 nitrogen and oxygen atoms in total. The molecule has 3 atom stereocenters. The summed E-state index contributed by atoms with van der Waals surface area (Å²) in [5.41, 5.74) is 0. The lowest BCUT2D eigenvalue weighted by Gasteiger charge is -2.33. The molecule has 3 heteroatoms. The molecule has 0 heterocycles. The minimum atomic E-state index is 0.297. The summed E-state index contributed by atoms with van der Waals surface area (Å²) in [6.07, 6.45) is 4.12. The molecule has 1 fully saturated rings. The van der Waals surface area contributed by atoms with Gasteiger partial charge in [0.05, 0.1) is 12.2 Å². The van der Waals surface area contributed by atoms with Gasteiger partial charge in [0.2, 0.25) is 0 Å². The standard InChI is InChI=1S/C9H17BrO2/c1-11-8-4-3-7(6-10)5-9(8)12-2/h7-9H,3-6H2,1-2H3. The second kappa shape index (κ2) is 5.20. The van der Waals surface area contributed by atoms with Crippen molar-refractivity contribution in [1.82, 2.24) is 0 Å². The van der Waals surface area contributed by atoms with Crippen molar-refractivity contribution in [2.24, 2.45) is 5.92 Å². The first-order valence-electron chi connectivity index (χ1n) is 4.43. The second-order valence-electron chi connectivity index (χ2n) is 3.38. The molecule has 1 aliphatic carbocycles. The van der Waals surface area contributed by atoms with Gasteiger partial charge in [-0.2, -0.15) is 0 Å². The molecule has 0 aromatic rings. The highest BCUT2D eigenvalue weighted by molar-refractivity contribution is 9.09. The van der Waals surface area contributed by atoms with Crippen molar-refractivity contribution in [2.75, 3.05) is 19.5 Å². The van der Waals surface area contributed by atoms with Crippen molar-refractivity contribution in [2.45, 2.75) is 31.5 Å². The first kappa shape index (κ1) is 10.5. The quantitative estimate of drug-likeness (QED) is 0.700. The fourth-order valence-corrected chi connectivity index (χ4v) is 2.43. The van der Waals surface area contributed by atoms with E-state index in [1.54, 1.807) is 14.2 Å². The van der Waals surface area contributed by atoms with Crippen LogP contribution in [0.4, 0.5) is 0 Å². The van der Waals surface area contributed by atoms with E-state index in [0.717, 1.165) is 24.1 Å². The van der Waals surface area contributed by atoms with E-state index in [1.807, 2.05) is 0 Å². The molecule has 1 rings (SSSR count). The third-order valence-electron chi connectivity index (χ3n) is 2.66. The normalized spacial score (nSPS) is 36.8. The van der Waals surface area contributed by atoms with Crippen LogP contribution in [0.5, 0.6) is 0 Å². The molecule has 0 radical (unpaired) electrons. The van der Waals surface area contributed by atoms with Gasteiger partial charge in [0.15, 0.2) is 0 Å². The summed E-state index contributed by atoms with van der Waals surface area (Å²) < 4.78 is 10.7. The number of halogens is 1. The summed E-state index contributed by atoms with van der Waals surface area (Å²) in [5, 5.41) is 1.09. The lowest BCUT2D eigenvalue weighted by atomic mass is 9.86. The molecule has 0 N–H and O–H groups in total. The maximum absolute atomic E-state index is 5.38. The molecular weight excluding hydrogens is 220 g/mol. The van der Waals surface area contributed by atoms with Crippen LogP contribution >= 0.6 is 15.9 Å². The van der Waals surface area contributed by atoms with E-state index in [-0.39, 0.29) is 0 Å². The smallest absolute Gasteiger partial charge is 0.0835 e. The van der Waals surface area contributed by atoms with Crippen LogP contribution in [0.1, 0.15) is 19.3 Å². The molecule has 1 saturated carbocycles. The molecular formula is C9H17BrO2. The van der Waals surface area contributed by atoms with Crippen molar-refractivity contribution in [3.8, 4) is 0 Å². The fourth-order valence-electron chi connectivity index (χ4n) is 1.84. The fraction of sp³-hybridized carbons (Fsp3) is 1.00. The predicted octanol–water partition coefficient (Wildman–Crippen LogP) is 2.21. The van der Waals surface area contributed by atoms with E-state index in [1.165, 1.54) is 6.42 Å². The van der Waals surface area contributed by atoms with Crippen LogP contribution in [0, 0.1) is 5.92 Å². The van der Waals surface area contributed by atoms with Crippen LogP contribution in [0.15, 0.2) is 0 Å². The lowest BCUT2D eigenvalue weighted by molar-refractivity contribution is -0.0677. The van der Waals surface area contributed by atoms with Crippen LogP contribution in [0.25, 0.3) is 0 Å². The largest absolute Gasteiger partial charge is 0.379 e. The van der Waals surface area contributed by atoms with Gasteiger partial charge in [-0.25, -0.2) is 0 Å². The SMILES string of the molecule is COC1CCC(CBr)CC1OC. The van der Waals surface area contributed by atoms with Crippen LogP contribution < -0.4 is 0 Å². The Morgan fingerprint density at radius 2 is 1.83 bits per heavy atom. The highest BCUT2D eigenvalue weighted by atomic mass is 79.9. The van der Waals surface area contributed by atoms with Gasteiger partial charge in [0.25, 0.3) is 0 Å². The average Bonchev–Trinajstić information content (AvgIpc) is 2.16. The zero-order chi connectivity index (χ0) is 8.97. The molecule has 1 aliphatic rings. The molecule has 0 amide bonds. The Bertz CT molecular complexity index is 130. The monoisotopic (exact) mass is 236 g/mol. The van der Waals surface area contributed by atoms with Crippen LogP contribution in [0.2, 0.25) is 0 Å². The van der Waals surface area contributed by atoms with Crippen molar-refractivity contribution in [3.05, 3.63) is 0 Å². The maximum atomic E-state index is 5.38. The average molecular weight is 237 g/mol. The van der Waals surface area contributed by atoms with E-state index in [9.17, 15) is 0 Å². The van der Waals surface area contributed by atoms with E-state index in [2.05, 4.69) is 15.9 Å². The molecule has 0 saturated heterocycles. The lowest BCUT2D eigenvalue weighted by Crippen LogP contribution is -2.37. The highest BCUT2D eigenvalue weighted by Gasteiger charge is 2.29. The minimum absolute atomic E-state index is 0.297. The molecule has 72 valence electrons. The first-order chi connectivity index (χ1) is 5.81. The summed E-state index contributed by atoms with van der Waals surface area (Å²) >= 11 is 3.51. The van der Waals surface area contributed by atoms with Gasteiger partial charge in [-0.15, -0.1) is 0 Å². The summed E-state index contributed by atoms with van der Waals surface area (Å²) in [5.74, 6) is 0.765. The zero-order valence-electron chi connectivity index (χ0n) is 7.75. The van der Waals surface area contributed by atoms with Crippen LogP contribution in [-0.4, -0.2) is 31.8 Å². The number of rotatable bonds is 3. The van der Waals surface area contributed by atoms with Gasteiger partial charge in [0, 0.05) is 19.5 Å². The molecule has 0 aromatic carbocycles. The molecule has 0 aromatic heterocycles. The number of hydrogen-bond donors (Lipinski definition) is 0. The molecule has 0 bridgehead atoms. The predicted molar refractivity (Wildman–Crippen MR) is 52.7 cm³/mol. The summed E-state index contributed by atoms with van der Waals surface area (Å²) in [4.78, 5) is 0. The van der Waals surface area contributed by atoms with Crippen LogP contribution in [-0.2, 0) is 9.47 Å². The summed E-state index contributed by atoms with van der Waals surface area (Å²) in [6, 6.07) is 0. The number of hydrogen-bond acceptors (Lipinski definition) is 2. The van der Waals surface area contributed by atoms with Crippen molar-refractivity contribution in [3.63, 3.8) is 0 Å². The Kier molecular flexibility index (Phi) is 4.54. The number of alkyl halides is 1. The Morgan fingerprint density at radius 3 is 2.33 bits per heavy atom. The van der Waals surface area contributed by atoms with Gasteiger partial charge < -0.3 is 9.47 Å². The summed E-state index contributed by atoms with van der Waals surface area (Å²) in [6.45, 7) is 0. The Balaban J connectivity index is 2.41. The van der Waals surface area contributed by atoms with Gasteiger partial charge in [-0.1, -0.05) is 15.9 Å². The van der Waals surface area contributed by atoms with E-state index in [4.69, 9.17) is 9.47 Å². The van der Waals surface area contributed by atoms with Gasteiger partial charge in [0.1, 0.15) is 0 Å². The Labute approximate surface area is 82.7 Å². The van der Waals surface area contributed by atoms with Crippen LogP contribution in [0.3, 0.4) is 0 Å². The van der Waals surface area contributed by atoms with Crippen molar-refractivity contribution < 1.29 is 9.47 Å². The topological polar surface area (TPSA) is 18.5 Å². The van der Waals surface area contributed by atoms with E-state index < -0.39 is 0 Å². The maximum Gasteiger partial charge on any atom is 0.0835 e. The van der Waals surface area contributed by atoms with E-state index in [0.29, 0.717) is 12.2 Å². The highest BCUT2D eigenvalue weighted by Crippen LogP contribution is 2.28. The molecule has 12 heavy (non-hydrogen) atoms. The molecule has 0 spiro atoms. The van der Waals surface area contributed by atoms with E-state index >= 15 is 0 Å². The second-order valence-corrected chi connectivity index (χ2v) is 4.03. The van der Waals surface area contributed by atoms with Gasteiger partial charge in [-0.05, 0) is 25.2 Å². The molecule has 3 unspecified atom stereocenters. The Morgan fingerprint density at radius 1 is 1.17 bits per heavy atom. The molecule has 0 aliphatic heterocycles.